The van der Waals surface area contributed by atoms with Gasteiger partial charge in [0.05, 0.1) is 4.90 Å². The summed E-state index contributed by atoms with van der Waals surface area (Å²) in [6, 6.07) is 6.87. The molecule has 1 amide bonds. The number of aliphatic imine (C=N–C) groups is 1. The fraction of sp³-hybridized carbons (Fsp3) is 0.556. The van der Waals surface area contributed by atoms with Gasteiger partial charge in [-0.1, -0.05) is 12.1 Å². The Balaban J connectivity index is 0.00000364. The van der Waals surface area contributed by atoms with E-state index in [1.165, 1.54) is 6.26 Å². The standard InChI is InChI=1S/C18H28N4O3S.HI/c1-19-17(23)12-14-8-10-22(11-9-14)18(20-2)21-13-15-4-6-16(7-5-15)26(3,24)25;/h4-7,14H,8-13H2,1-3H3,(H,19,23)(H,20,21);1H. The minimum atomic E-state index is -3.17. The van der Waals surface area contributed by atoms with Gasteiger partial charge < -0.3 is 15.5 Å². The maximum absolute atomic E-state index is 11.5. The van der Waals surface area contributed by atoms with Gasteiger partial charge in [-0.25, -0.2) is 8.42 Å². The van der Waals surface area contributed by atoms with E-state index < -0.39 is 9.84 Å². The zero-order valence-corrected chi connectivity index (χ0v) is 19.2. The van der Waals surface area contributed by atoms with Crippen LogP contribution in [0.25, 0.3) is 0 Å². The second kappa shape index (κ2) is 10.8. The number of carbonyl (C=O) groups excluding carboxylic acids is 1. The van der Waals surface area contributed by atoms with Gasteiger partial charge in [0, 0.05) is 46.4 Å². The van der Waals surface area contributed by atoms with Crippen molar-refractivity contribution in [3.05, 3.63) is 29.8 Å². The van der Waals surface area contributed by atoms with Gasteiger partial charge in [-0.05, 0) is 36.5 Å². The van der Waals surface area contributed by atoms with Crippen LogP contribution in [0.1, 0.15) is 24.8 Å². The molecule has 27 heavy (non-hydrogen) atoms. The van der Waals surface area contributed by atoms with Gasteiger partial charge in [0.25, 0.3) is 0 Å². The van der Waals surface area contributed by atoms with E-state index in [0.717, 1.165) is 37.5 Å². The molecular weight excluding hydrogens is 479 g/mol. The topological polar surface area (TPSA) is 90.9 Å². The molecule has 1 aromatic rings. The van der Waals surface area contributed by atoms with Crippen molar-refractivity contribution < 1.29 is 13.2 Å². The fourth-order valence-corrected chi connectivity index (χ4v) is 3.71. The summed E-state index contributed by atoms with van der Waals surface area (Å²) in [6.45, 7) is 2.32. The number of amides is 1. The number of likely N-dealkylation sites (tertiary alicyclic amines) is 1. The molecule has 0 spiro atoms. The molecule has 0 radical (unpaired) electrons. The highest BCUT2D eigenvalue weighted by Gasteiger charge is 2.23. The number of halogens is 1. The minimum Gasteiger partial charge on any atom is -0.359 e. The van der Waals surface area contributed by atoms with Crippen molar-refractivity contribution in [3.8, 4) is 0 Å². The first-order chi connectivity index (χ1) is 12.3. The maximum atomic E-state index is 11.5. The van der Waals surface area contributed by atoms with Crippen LogP contribution < -0.4 is 10.6 Å². The number of rotatable bonds is 5. The maximum Gasteiger partial charge on any atom is 0.220 e. The Hall–Kier alpha value is -1.36. The third-order valence-corrected chi connectivity index (χ3v) is 5.81. The lowest BCUT2D eigenvalue weighted by atomic mass is 9.93. The van der Waals surface area contributed by atoms with E-state index in [2.05, 4.69) is 20.5 Å². The predicted molar refractivity (Wildman–Crippen MR) is 118 cm³/mol. The monoisotopic (exact) mass is 508 g/mol. The molecule has 2 rings (SSSR count). The number of guanidine groups is 1. The number of hydrogen-bond acceptors (Lipinski definition) is 4. The largest absolute Gasteiger partial charge is 0.359 e. The number of carbonyl (C=O) groups is 1. The second-order valence-corrected chi connectivity index (χ2v) is 8.64. The zero-order chi connectivity index (χ0) is 19.2. The highest BCUT2D eigenvalue weighted by Crippen LogP contribution is 2.20. The second-order valence-electron chi connectivity index (χ2n) is 6.62. The third kappa shape index (κ3) is 7.28. The molecule has 0 atom stereocenters. The third-order valence-electron chi connectivity index (χ3n) is 4.68. The van der Waals surface area contributed by atoms with Crippen LogP contribution in [0.15, 0.2) is 34.2 Å². The lowest BCUT2D eigenvalue weighted by molar-refractivity contribution is -0.121. The Morgan fingerprint density at radius 2 is 1.81 bits per heavy atom. The number of piperidine rings is 1. The number of nitrogens with zero attached hydrogens (tertiary/aromatic N) is 2. The summed E-state index contributed by atoms with van der Waals surface area (Å²) in [6.07, 6.45) is 3.73. The quantitative estimate of drug-likeness (QED) is 0.359. The highest BCUT2D eigenvalue weighted by atomic mass is 127. The van der Waals surface area contributed by atoms with Crippen LogP contribution in [0, 0.1) is 5.92 Å². The van der Waals surface area contributed by atoms with Crippen molar-refractivity contribution in [2.75, 3.05) is 33.4 Å². The van der Waals surface area contributed by atoms with Gasteiger partial charge in [0.1, 0.15) is 0 Å². The Kier molecular flexibility index (Phi) is 9.51. The first-order valence-electron chi connectivity index (χ1n) is 8.78. The van der Waals surface area contributed by atoms with Crippen LogP contribution in [0.3, 0.4) is 0 Å². The molecule has 0 bridgehead atoms. The Labute approximate surface area is 178 Å². The molecule has 7 nitrogen and oxygen atoms in total. The molecule has 0 aliphatic carbocycles. The van der Waals surface area contributed by atoms with Gasteiger partial charge in [-0.2, -0.15) is 0 Å². The van der Waals surface area contributed by atoms with Crippen LogP contribution >= 0.6 is 24.0 Å². The zero-order valence-electron chi connectivity index (χ0n) is 16.1. The SMILES string of the molecule is CN=C(NCc1ccc(S(C)(=O)=O)cc1)N1CCC(CC(=O)NC)CC1.I. The van der Waals surface area contributed by atoms with E-state index in [-0.39, 0.29) is 29.9 Å². The highest BCUT2D eigenvalue weighted by molar-refractivity contribution is 14.0. The molecule has 1 aliphatic heterocycles. The normalized spacial score (nSPS) is 15.8. The smallest absolute Gasteiger partial charge is 0.220 e. The lowest BCUT2D eigenvalue weighted by Gasteiger charge is -2.34. The molecule has 1 saturated heterocycles. The summed E-state index contributed by atoms with van der Waals surface area (Å²) in [5, 5.41) is 6.01. The number of nitrogens with one attached hydrogen (secondary N) is 2. The summed E-state index contributed by atoms with van der Waals surface area (Å²) in [5.74, 6) is 1.35. The van der Waals surface area contributed by atoms with E-state index >= 15 is 0 Å². The van der Waals surface area contributed by atoms with Gasteiger partial charge >= 0.3 is 0 Å². The van der Waals surface area contributed by atoms with Crippen molar-refractivity contribution in [2.45, 2.75) is 30.7 Å². The molecule has 1 heterocycles. The van der Waals surface area contributed by atoms with Crippen LogP contribution in [-0.4, -0.2) is 58.6 Å². The van der Waals surface area contributed by atoms with E-state index in [9.17, 15) is 13.2 Å². The Morgan fingerprint density at radius 3 is 2.30 bits per heavy atom. The summed E-state index contributed by atoms with van der Waals surface area (Å²) >= 11 is 0. The summed E-state index contributed by atoms with van der Waals surface area (Å²) < 4.78 is 23.0. The molecule has 2 N–H and O–H groups in total. The number of hydrogen-bond donors (Lipinski definition) is 2. The van der Waals surface area contributed by atoms with Crippen molar-refractivity contribution in [3.63, 3.8) is 0 Å². The summed E-state index contributed by atoms with van der Waals surface area (Å²) in [4.78, 5) is 18.4. The van der Waals surface area contributed by atoms with E-state index in [0.29, 0.717) is 23.8 Å². The van der Waals surface area contributed by atoms with Crippen LogP contribution in [0.2, 0.25) is 0 Å². The molecule has 1 fully saturated rings. The molecule has 152 valence electrons. The number of sulfone groups is 1. The molecule has 1 aromatic carbocycles. The average Bonchev–Trinajstić information content (AvgIpc) is 2.63. The first kappa shape index (κ1) is 23.7. The van der Waals surface area contributed by atoms with Crippen LogP contribution in [-0.2, 0) is 21.2 Å². The average molecular weight is 508 g/mol. The van der Waals surface area contributed by atoms with Crippen molar-refractivity contribution in [2.24, 2.45) is 10.9 Å². The molecule has 0 unspecified atom stereocenters. The molecular formula is C18H29IN4O3S. The molecule has 1 aliphatic rings. The van der Waals surface area contributed by atoms with Gasteiger partial charge in [-0.3, -0.25) is 9.79 Å². The minimum absolute atomic E-state index is 0. The van der Waals surface area contributed by atoms with E-state index in [4.69, 9.17) is 0 Å². The summed E-state index contributed by atoms with van der Waals surface area (Å²) in [7, 11) is 0.259. The van der Waals surface area contributed by atoms with Gasteiger partial charge in [0.2, 0.25) is 5.91 Å². The van der Waals surface area contributed by atoms with E-state index in [1.807, 2.05) is 12.1 Å². The fourth-order valence-electron chi connectivity index (χ4n) is 3.08. The van der Waals surface area contributed by atoms with Crippen LogP contribution in [0.4, 0.5) is 0 Å². The van der Waals surface area contributed by atoms with Crippen molar-refractivity contribution in [1.29, 1.82) is 0 Å². The van der Waals surface area contributed by atoms with Crippen molar-refractivity contribution >= 4 is 45.7 Å². The molecule has 9 heteroatoms. The summed E-state index contributed by atoms with van der Waals surface area (Å²) in [5.41, 5.74) is 0.994. The van der Waals surface area contributed by atoms with Gasteiger partial charge in [0.15, 0.2) is 15.8 Å². The first-order valence-corrected chi connectivity index (χ1v) is 10.7. The van der Waals surface area contributed by atoms with Crippen LogP contribution in [0.5, 0.6) is 0 Å². The Bertz CT molecular complexity index is 742. The predicted octanol–water partition coefficient (Wildman–Crippen LogP) is 1.63. The molecule has 0 saturated carbocycles. The molecule has 0 aromatic heterocycles. The van der Waals surface area contributed by atoms with Gasteiger partial charge in [-0.15, -0.1) is 24.0 Å². The number of benzene rings is 1. The van der Waals surface area contributed by atoms with E-state index in [1.54, 1.807) is 26.2 Å². The van der Waals surface area contributed by atoms with Crippen molar-refractivity contribution in [1.82, 2.24) is 15.5 Å². The lowest BCUT2D eigenvalue weighted by Crippen LogP contribution is -2.45. The Morgan fingerprint density at radius 1 is 1.22 bits per heavy atom.